The van der Waals surface area contributed by atoms with Gasteiger partial charge in [0.2, 0.25) is 0 Å². The van der Waals surface area contributed by atoms with E-state index in [4.69, 9.17) is 0 Å². The summed E-state index contributed by atoms with van der Waals surface area (Å²) in [6.45, 7) is 3.90. The predicted molar refractivity (Wildman–Crippen MR) is 177 cm³/mol. The molecule has 0 aliphatic carbocycles. The maximum absolute atomic E-state index is 15.8. The Hall–Kier alpha value is -5.61. The van der Waals surface area contributed by atoms with Gasteiger partial charge in [0.05, 0.1) is 21.6 Å². The summed E-state index contributed by atoms with van der Waals surface area (Å²) >= 11 is 0. The number of pyridine rings is 1. The van der Waals surface area contributed by atoms with Crippen LogP contribution in [0, 0.1) is 24.4 Å². The van der Waals surface area contributed by atoms with Crippen LogP contribution in [0.5, 0.6) is 0 Å². The Kier molecular flexibility index (Phi) is 8.12. The van der Waals surface area contributed by atoms with E-state index in [0.29, 0.717) is 29.5 Å². The van der Waals surface area contributed by atoms with Gasteiger partial charge in [-0.3, -0.25) is 9.52 Å². The number of carbonyl (C=O) groups is 1. The lowest BCUT2D eigenvalue weighted by atomic mass is 10.2. The molecule has 0 saturated carbocycles. The van der Waals surface area contributed by atoms with Gasteiger partial charge < -0.3 is 15.1 Å². The molecule has 3 aromatic carbocycles. The molecule has 4 heterocycles. The van der Waals surface area contributed by atoms with Gasteiger partial charge in [-0.05, 0) is 56.4 Å². The third-order valence-corrected chi connectivity index (χ3v) is 9.86. The molecule has 2 N–H and O–H groups in total. The Morgan fingerprint density at radius 3 is 2.45 bits per heavy atom. The number of amides is 1. The van der Waals surface area contributed by atoms with Crippen molar-refractivity contribution >= 4 is 55.1 Å². The molecule has 16 heteroatoms. The lowest BCUT2D eigenvalue weighted by Crippen LogP contribution is -2.47. The molecule has 0 bridgehead atoms. The van der Waals surface area contributed by atoms with E-state index in [0.717, 1.165) is 31.3 Å². The third-order valence-electron chi connectivity index (χ3n) is 8.35. The largest absolute Gasteiger partial charge is 0.335 e. The molecule has 1 amide bonds. The van der Waals surface area contributed by atoms with E-state index in [1.54, 1.807) is 23.1 Å². The van der Waals surface area contributed by atoms with Crippen LogP contribution in [0.4, 0.5) is 30.4 Å². The fourth-order valence-electron chi connectivity index (χ4n) is 5.64. The zero-order valence-corrected chi connectivity index (χ0v) is 27.0. The molecule has 6 aromatic rings. The van der Waals surface area contributed by atoms with E-state index < -0.39 is 43.7 Å². The lowest BCUT2D eigenvalue weighted by Gasteiger charge is -2.32. The van der Waals surface area contributed by atoms with E-state index in [2.05, 4.69) is 35.0 Å². The fourth-order valence-corrected chi connectivity index (χ4v) is 6.96. The predicted octanol–water partition coefficient (Wildman–Crippen LogP) is 5.02. The van der Waals surface area contributed by atoms with Crippen LogP contribution < -0.4 is 10.0 Å². The Labute approximate surface area is 278 Å². The number of hydrogen-bond donors (Lipinski definition) is 2. The normalized spacial score (nSPS) is 14.0. The second-order valence-electron chi connectivity index (χ2n) is 11.5. The molecule has 0 atom stereocenters. The molecule has 49 heavy (non-hydrogen) atoms. The first-order chi connectivity index (χ1) is 23.5. The quantitative estimate of drug-likeness (QED) is 0.237. The van der Waals surface area contributed by atoms with Crippen LogP contribution >= 0.6 is 0 Å². The molecule has 3 aromatic heterocycles. The van der Waals surface area contributed by atoms with Crippen molar-refractivity contribution in [2.45, 2.75) is 11.8 Å². The molecular weight excluding hydrogens is 659 g/mol. The highest BCUT2D eigenvalue weighted by molar-refractivity contribution is 7.92. The number of nitrogens with zero attached hydrogens (tertiary/aromatic N) is 7. The molecule has 0 unspecified atom stereocenters. The van der Waals surface area contributed by atoms with Crippen LogP contribution in [-0.2, 0) is 10.0 Å². The highest BCUT2D eigenvalue weighted by Crippen LogP contribution is 2.32. The van der Waals surface area contributed by atoms with Crippen molar-refractivity contribution in [1.29, 1.82) is 0 Å². The number of sulfonamides is 1. The van der Waals surface area contributed by atoms with Gasteiger partial charge in [0.15, 0.2) is 23.1 Å². The summed E-state index contributed by atoms with van der Waals surface area (Å²) in [5, 5.41) is 7.90. The highest BCUT2D eigenvalue weighted by Gasteiger charge is 2.27. The number of rotatable bonds is 7. The van der Waals surface area contributed by atoms with Crippen molar-refractivity contribution in [3.8, 4) is 5.82 Å². The van der Waals surface area contributed by atoms with Crippen molar-refractivity contribution in [3.05, 3.63) is 102 Å². The smallest absolute Gasteiger partial charge is 0.275 e. The summed E-state index contributed by atoms with van der Waals surface area (Å²) in [6.07, 6.45) is 1.18. The first-order valence-electron chi connectivity index (χ1n) is 15.1. The Morgan fingerprint density at radius 2 is 1.65 bits per heavy atom. The van der Waals surface area contributed by atoms with Crippen molar-refractivity contribution in [2.75, 3.05) is 43.3 Å². The SMILES string of the molecule is Cc1c(F)cccc1S(=O)(=O)Nc1ccc(F)c(Nc2ncnc3ccc(-n4nc(C(=O)N5CCN(C)CC5)c5ccccc54)nc23)c1F. The summed E-state index contributed by atoms with van der Waals surface area (Å²) in [4.78, 5) is 30.1. The average molecular weight is 688 g/mol. The van der Waals surface area contributed by atoms with E-state index in [1.165, 1.54) is 30.1 Å². The second-order valence-corrected chi connectivity index (χ2v) is 13.2. The molecule has 1 saturated heterocycles. The maximum atomic E-state index is 15.8. The van der Waals surface area contributed by atoms with Crippen molar-refractivity contribution in [2.24, 2.45) is 0 Å². The molecule has 12 nitrogen and oxygen atoms in total. The summed E-state index contributed by atoms with van der Waals surface area (Å²) in [5.41, 5.74) is -0.137. The maximum Gasteiger partial charge on any atom is 0.275 e. The fraction of sp³-hybridized carbons (Fsp3) is 0.182. The van der Waals surface area contributed by atoms with Gasteiger partial charge in [-0.2, -0.15) is 5.10 Å². The third kappa shape index (κ3) is 5.89. The highest BCUT2D eigenvalue weighted by atomic mass is 32.2. The minimum Gasteiger partial charge on any atom is -0.335 e. The number of nitrogens with one attached hydrogen (secondary N) is 2. The van der Waals surface area contributed by atoms with E-state index >= 15 is 8.78 Å². The number of piperazine rings is 1. The number of halogens is 3. The molecule has 250 valence electrons. The molecule has 0 radical (unpaired) electrons. The first-order valence-corrected chi connectivity index (χ1v) is 16.6. The van der Waals surface area contributed by atoms with Crippen LogP contribution in [0.2, 0.25) is 0 Å². The first kappa shape index (κ1) is 32.0. The van der Waals surface area contributed by atoms with Crippen LogP contribution in [0.1, 0.15) is 16.1 Å². The van der Waals surface area contributed by atoms with Gasteiger partial charge >= 0.3 is 0 Å². The van der Waals surface area contributed by atoms with Gasteiger partial charge in [0.1, 0.15) is 29.2 Å². The summed E-state index contributed by atoms with van der Waals surface area (Å²) in [6, 6.07) is 15.8. The number of fused-ring (bicyclic) bond motifs is 2. The van der Waals surface area contributed by atoms with Crippen LogP contribution in [0.3, 0.4) is 0 Å². The van der Waals surface area contributed by atoms with Crippen molar-refractivity contribution in [1.82, 2.24) is 34.5 Å². The summed E-state index contributed by atoms with van der Waals surface area (Å²) in [5.74, 6) is -3.08. The summed E-state index contributed by atoms with van der Waals surface area (Å²) < 4.78 is 74.7. The number of para-hydroxylation sites is 1. The van der Waals surface area contributed by atoms with E-state index in [1.807, 2.05) is 25.2 Å². The standard InChI is InChI=1S/C33H28F3N9O3S/c1-19-21(34)7-5-9-26(19)49(47,48)42-23-11-10-22(35)30(28(23)36)40-32-31-24(37-18-38-32)12-13-27(39-31)45-25-8-4-3-6-20(25)29(41-45)33(46)44-16-14-43(2)15-17-44/h3-13,18,42H,14-17H2,1-2H3,(H,37,38,40). The van der Waals surface area contributed by atoms with E-state index in [-0.39, 0.29) is 34.3 Å². The van der Waals surface area contributed by atoms with Gasteiger partial charge in [-0.25, -0.2) is 41.2 Å². The minimum atomic E-state index is -4.45. The van der Waals surface area contributed by atoms with Gasteiger partial charge in [-0.15, -0.1) is 0 Å². The minimum absolute atomic E-state index is 0.0872. The van der Waals surface area contributed by atoms with Crippen molar-refractivity contribution in [3.63, 3.8) is 0 Å². The zero-order valence-electron chi connectivity index (χ0n) is 26.2. The van der Waals surface area contributed by atoms with Crippen LogP contribution in [0.15, 0.2) is 78.0 Å². The molecule has 0 spiro atoms. The zero-order chi connectivity index (χ0) is 34.4. The molecule has 7 rings (SSSR count). The Bertz CT molecular complexity index is 2380. The number of aromatic nitrogens is 5. The summed E-state index contributed by atoms with van der Waals surface area (Å²) in [7, 11) is -2.45. The number of hydrogen-bond acceptors (Lipinski definition) is 9. The second kappa shape index (κ2) is 12.4. The average Bonchev–Trinajstić information content (AvgIpc) is 3.48. The molecule has 1 fully saturated rings. The topological polar surface area (TPSA) is 138 Å². The van der Waals surface area contributed by atoms with Gasteiger partial charge in [-0.1, -0.05) is 24.3 Å². The molecule has 1 aliphatic rings. The van der Waals surface area contributed by atoms with Crippen LogP contribution in [-0.4, -0.2) is 82.1 Å². The van der Waals surface area contributed by atoms with Crippen LogP contribution in [0.25, 0.3) is 27.8 Å². The number of carbonyl (C=O) groups excluding carboxylic acids is 1. The van der Waals surface area contributed by atoms with E-state index in [9.17, 15) is 17.6 Å². The number of anilines is 3. The van der Waals surface area contributed by atoms with Gasteiger partial charge in [0.25, 0.3) is 15.9 Å². The number of likely N-dealkylation sites (N-methyl/N-ethyl adjacent to an activating group) is 1. The monoisotopic (exact) mass is 687 g/mol. The van der Waals surface area contributed by atoms with Crippen molar-refractivity contribution < 1.29 is 26.4 Å². The molecule has 1 aliphatic heterocycles. The Morgan fingerprint density at radius 1 is 0.878 bits per heavy atom. The van der Waals surface area contributed by atoms with Gasteiger partial charge in [0, 0.05) is 37.1 Å². The Balaban J connectivity index is 1.25. The lowest BCUT2D eigenvalue weighted by molar-refractivity contribution is 0.0659. The number of benzene rings is 3. The molecular formula is C33H28F3N9O3S.